The van der Waals surface area contributed by atoms with Crippen LogP contribution in [-0.2, 0) is 25.7 Å². The lowest BCUT2D eigenvalue weighted by molar-refractivity contribution is 0.111. The first kappa shape index (κ1) is 38.6. The van der Waals surface area contributed by atoms with Crippen LogP contribution in [0, 0.1) is 0 Å². The largest absolute Gasteiger partial charge is 0.507 e. The minimum absolute atomic E-state index is 0.163. The van der Waals surface area contributed by atoms with Crippen LogP contribution in [0.3, 0.4) is 0 Å². The van der Waals surface area contributed by atoms with Crippen LogP contribution < -0.4 is 9.47 Å². The fourth-order valence-corrected chi connectivity index (χ4v) is 7.39. The van der Waals surface area contributed by atoms with Crippen molar-refractivity contribution in [1.82, 2.24) is 0 Å². The summed E-state index contributed by atoms with van der Waals surface area (Å²) in [4.78, 5) is 24.5. The second-order valence-corrected chi connectivity index (χ2v) is 14.4. The molecule has 0 saturated carbocycles. The number of rotatable bonds is 18. The number of phenols is 2. The summed E-state index contributed by atoms with van der Waals surface area (Å²) in [5.74, 6) is 1.76. The minimum Gasteiger partial charge on any atom is -0.507 e. The van der Waals surface area contributed by atoms with E-state index < -0.39 is 0 Å². The van der Waals surface area contributed by atoms with Gasteiger partial charge in [-0.25, -0.2) is 0 Å². The highest BCUT2D eigenvalue weighted by Gasteiger charge is 2.21. The van der Waals surface area contributed by atoms with E-state index in [0.29, 0.717) is 83.8 Å². The van der Waals surface area contributed by atoms with Crippen molar-refractivity contribution in [2.45, 2.75) is 117 Å². The topological polar surface area (TPSA) is 93.1 Å². The predicted molar refractivity (Wildman–Crippen MR) is 209 cm³/mol. The summed E-state index contributed by atoms with van der Waals surface area (Å²) >= 11 is 0. The zero-order valence-corrected chi connectivity index (χ0v) is 31.2. The van der Waals surface area contributed by atoms with Crippen molar-refractivity contribution in [2.75, 3.05) is 13.2 Å². The molecule has 0 saturated heterocycles. The van der Waals surface area contributed by atoms with E-state index in [9.17, 15) is 19.8 Å². The first-order chi connectivity index (χ1) is 25.4. The van der Waals surface area contributed by atoms with Crippen LogP contribution in [0.2, 0.25) is 0 Å². The number of unbranched alkanes of at least 4 members (excludes halogenated alkanes) is 10. The molecule has 1 aliphatic carbocycles. The summed E-state index contributed by atoms with van der Waals surface area (Å²) in [5, 5.41) is 23.6. The number of phenolic OH excluding ortho intramolecular Hbond substituents is 2. The van der Waals surface area contributed by atoms with Crippen LogP contribution in [0.15, 0.2) is 60.7 Å². The molecular formula is C46H56O6. The quantitative estimate of drug-likeness (QED) is 0.0697. The molecule has 6 heteroatoms. The Morgan fingerprint density at radius 3 is 1.10 bits per heavy atom. The lowest BCUT2D eigenvalue weighted by atomic mass is 9.90. The molecule has 0 spiro atoms. The van der Waals surface area contributed by atoms with E-state index in [-0.39, 0.29) is 11.5 Å². The van der Waals surface area contributed by atoms with E-state index in [2.05, 4.69) is 13.8 Å². The molecule has 5 rings (SSSR count). The zero-order chi connectivity index (χ0) is 36.7. The molecule has 0 atom stereocenters. The molecule has 6 nitrogen and oxygen atoms in total. The second-order valence-electron chi connectivity index (χ2n) is 14.4. The van der Waals surface area contributed by atoms with Crippen molar-refractivity contribution in [3.63, 3.8) is 0 Å². The van der Waals surface area contributed by atoms with Gasteiger partial charge in [-0.2, -0.15) is 0 Å². The monoisotopic (exact) mass is 704 g/mol. The molecule has 1 aliphatic rings. The van der Waals surface area contributed by atoms with Crippen LogP contribution >= 0.6 is 0 Å². The van der Waals surface area contributed by atoms with E-state index in [1.807, 2.05) is 36.4 Å². The standard InChI is InChI=1S/C46H56O6/c1-3-5-7-9-11-13-21-51-45-35-17-15-18-36(45)28-40-24-34(32-48)26-42(44(40)50)30-38-20-16-19-37(46(38)52-22-14-12-10-8-6-4-2)29-41-25-33(31-47)23-39(27-35)43(41)49/h15-20,23-26,31-32,49-50H,3-14,21-22,27-30H2,1-2H3. The Morgan fingerprint density at radius 2 is 0.788 bits per heavy atom. The molecule has 0 heterocycles. The Morgan fingerprint density at radius 1 is 0.481 bits per heavy atom. The number of hydrogen-bond acceptors (Lipinski definition) is 6. The Bertz CT molecular complexity index is 1570. The number of carbonyl (C=O) groups excluding carboxylic acids is 2. The third-order valence-electron chi connectivity index (χ3n) is 10.2. The number of aldehydes is 2. The maximum Gasteiger partial charge on any atom is 0.150 e. The molecule has 0 amide bonds. The van der Waals surface area contributed by atoms with Gasteiger partial charge < -0.3 is 19.7 Å². The third kappa shape index (κ3) is 10.3. The molecule has 0 radical (unpaired) electrons. The lowest BCUT2D eigenvalue weighted by Crippen LogP contribution is -2.08. The van der Waals surface area contributed by atoms with Gasteiger partial charge in [-0.05, 0) is 81.6 Å². The van der Waals surface area contributed by atoms with Gasteiger partial charge in [0.2, 0.25) is 0 Å². The zero-order valence-electron chi connectivity index (χ0n) is 31.2. The van der Waals surface area contributed by atoms with E-state index in [1.165, 1.54) is 51.4 Å². The molecule has 0 aromatic heterocycles. The van der Waals surface area contributed by atoms with Crippen LogP contribution in [0.4, 0.5) is 0 Å². The SMILES string of the molecule is CCCCCCCCOc1c2cccc1Cc1cc(C=O)cc(c1O)Cc1cccc(c1OCCCCCCCC)Cc1cc(C=O)cc(c1O)C2. The van der Waals surface area contributed by atoms with Gasteiger partial charge in [-0.15, -0.1) is 0 Å². The fourth-order valence-electron chi connectivity index (χ4n) is 7.39. The highest BCUT2D eigenvalue weighted by Crippen LogP contribution is 2.39. The van der Waals surface area contributed by atoms with Crippen LogP contribution in [0.25, 0.3) is 0 Å². The lowest BCUT2D eigenvalue weighted by Gasteiger charge is -2.21. The van der Waals surface area contributed by atoms with Crippen molar-refractivity contribution in [3.05, 3.63) is 116 Å². The van der Waals surface area contributed by atoms with E-state index in [0.717, 1.165) is 60.5 Å². The average Bonchev–Trinajstić information content (AvgIpc) is 3.15. The molecule has 2 N–H and O–H groups in total. The molecule has 276 valence electrons. The summed E-state index contributed by atoms with van der Waals surface area (Å²) in [6, 6.07) is 19.0. The number of hydrogen-bond donors (Lipinski definition) is 2. The maximum absolute atomic E-state index is 12.2. The molecule has 8 bridgehead atoms. The van der Waals surface area contributed by atoms with Gasteiger partial charge >= 0.3 is 0 Å². The van der Waals surface area contributed by atoms with Crippen LogP contribution in [-0.4, -0.2) is 36.0 Å². The molecular weight excluding hydrogens is 649 g/mol. The summed E-state index contributed by atoms with van der Waals surface area (Å²) < 4.78 is 13.1. The summed E-state index contributed by atoms with van der Waals surface area (Å²) in [7, 11) is 0. The van der Waals surface area contributed by atoms with Gasteiger partial charge in [0.05, 0.1) is 13.2 Å². The number of para-hydroxylation sites is 2. The number of benzene rings is 4. The first-order valence-corrected chi connectivity index (χ1v) is 19.5. The highest BCUT2D eigenvalue weighted by molar-refractivity contribution is 5.78. The Balaban J connectivity index is 1.58. The van der Waals surface area contributed by atoms with Gasteiger partial charge in [0.15, 0.2) is 0 Å². The normalized spacial score (nSPS) is 12.3. The van der Waals surface area contributed by atoms with Crippen molar-refractivity contribution in [2.24, 2.45) is 0 Å². The third-order valence-corrected chi connectivity index (χ3v) is 10.2. The molecule has 52 heavy (non-hydrogen) atoms. The van der Waals surface area contributed by atoms with Crippen LogP contribution in [0.5, 0.6) is 23.0 Å². The molecule has 4 aromatic carbocycles. The van der Waals surface area contributed by atoms with Crippen molar-refractivity contribution >= 4 is 12.6 Å². The summed E-state index contributed by atoms with van der Waals surface area (Å²) in [5.41, 5.74) is 7.13. The number of fused-ring (bicyclic) bond motifs is 8. The predicted octanol–water partition coefficient (Wildman–Crippen LogP) is 10.9. The average molecular weight is 705 g/mol. The van der Waals surface area contributed by atoms with Gasteiger partial charge in [-0.1, -0.05) is 114 Å². The van der Waals surface area contributed by atoms with Crippen molar-refractivity contribution in [3.8, 4) is 23.0 Å². The number of aromatic hydroxyl groups is 2. The second kappa shape index (κ2) is 19.9. The summed E-state index contributed by atoms with van der Waals surface area (Å²) in [6.07, 6.45) is 16.8. The molecule has 0 fully saturated rings. The molecule has 0 aliphatic heterocycles. The van der Waals surface area contributed by atoms with E-state index in [1.54, 1.807) is 24.3 Å². The van der Waals surface area contributed by atoms with Gasteiger partial charge in [-0.3, -0.25) is 9.59 Å². The van der Waals surface area contributed by atoms with Gasteiger partial charge in [0, 0.05) is 36.8 Å². The van der Waals surface area contributed by atoms with Crippen LogP contribution in [0.1, 0.15) is 156 Å². The molecule has 0 unspecified atom stereocenters. The highest BCUT2D eigenvalue weighted by atomic mass is 16.5. The van der Waals surface area contributed by atoms with Crippen molar-refractivity contribution in [1.29, 1.82) is 0 Å². The van der Waals surface area contributed by atoms with Gasteiger partial charge in [0.1, 0.15) is 35.6 Å². The Hall–Kier alpha value is -4.58. The number of carbonyl (C=O) groups is 2. The maximum atomic E-state index is 12.2. The van der Waals surface area contributed by atoms with E-state index >= 15 is 0 Å². The smallest absolute Gasteiger partial charge is 0.150 e. The Kier molecular flexibility index (Phi) is 14.8. The van der Waals surface area contributed by atoms with Crippen molar-refractivity contribution < 1.29 is 29.3 Å². The summed E-state index contributed by atoms with van der Waals surface area (Å²) in [6.45, 7) is 5.52. The number of ether oxygens (including phenoxy) is 2. The Labute approximate surface area is 310 Å². The molecule has 4 aromatic rings. The fraction of sp³-hybridized carbons (Fsp3) is 0.435. The van der Waals surface area contributed by atoms with E-state index in [4.69, 9.17) is 9.47 Å². The first-order valence-electron chi connectivity index (χ1n) is 19.5. The minimum atomic E-state index is 0.163. The van der Waals surface area contributed by atoms with Gasteiger partial charge in [0.25, 0.3) is 0 Å².